The second-order valence-electron chi connectivity index (χ2n) is 8.65. The summed E-state index contributed by atoms with van der Waals surface area (Å²) in [6.07, 6.45) is 2.02. The predicted octanol–water partition coefficient (Wildman–Crippen LogP) is 4.28. The number of carbonyl (C=O) groups is 1. The van der Waals surface area contributed by atoms with Gasteiger partial charge in [0.15, 0.2) is 0 Å². The number of benzene rings is 2. The van der Waals surface area contributed by atoms with Gasteiger partial charge in [-0.3, -0.25) is 14.4 Å². The number of nitrogens with two attached hydrogens (primary N) is 1. The monoisotopic (exact) mass is 434 g/mol. The maximum atomic E-state index is 14.4. The molecule has 0 spiro atoms. The maximum absolute atomic E-state index is 14.4. The van der Waals surface area contributed by atoms with Crippen LogP contribution in [0.1, 0.15) is 54.4 Å². The first-order valence-electron chi connectivity index (χ1n) is 11.3. The van der Waals surface area contributed by atoms with Gasteiger partial charge in [0.05, 0.1) is 5.69 Å². The van der Waals surface area contributed by atoms with Crippen molar-refractivity contribution in [1.82, 2.24) is 14.7 Å². The van der Waals surface area contributed by atoms with Crippen LogP contribution in [0.15, 0.2) is 54.6 Å². The zero-order chi connectivity index (χ0) is 22.9. The molecular formula is C26H31FN4O. The highest BCUT2D eigenvalue weighted by molar-refractivity contribution is 5.86. The van der Waals surface area contributed by atoms with E-state index >= 15 is 0 Å². The Kier molecular flexibility index (Phi) is 6.15. The summed E-state index contributed by atoms with van der Waals surface area (Å²) in [5, 5.41) is 4.77. The second-order valence-corrected chi connectivity index (χ2v) is 8.65. The normalized spacial score (nSPS) is 18.2. The van der Waals surface area contributed by atoms with Crippen LogP contribution in [0.3, 0.4) is 0 Å². The number of aromatic nitrogens is 2. The third-order valence-electron chi connectivity index (χ3n) is 6.92. The number of primary amides is 1. The third-order valence-corrected chi connectivity index (χ3v) is 6.92. The molecule has 1 aliphatic rings. The van der Waals surface area contributed by atoms with E-state index in [0.717, 1.165) is 29.8 Å². The molecular weight excluding hydrogens is 403 g/mol. The highest BCUT2D eigenvalue weighted by Crippen LogP contribution is 2.43. The molecule has 32 heavy (non-hydrogen) atoms. The number of fused-ring (bicyclic) bond motifs is 1. The van der Waals surface area contributed by atoms with Crippen molar-refractivity contribution >= 4 is 5.91 Å². The fraction of sp³-hybridized carbons (Fsp3) is 0.385. The van der Waals surface area contributed by atoms with Gasteiger partial charge in [-0.05, 0) is 50.8 Å². The number of hydrogen-bond acceptors (Lipinski definition) is 3. The SMILES string of the molecule is CCn1nc(C)c2c1CCN(C(C)(C(N)=O)c1ccccc1)C2CCc1ccccc1F. The van der Waals surface area contributed by atoms with Crippen molar-refractivity contribution in [3.8, 4) is 0 Å². The lowest BCUT2D eigenvalue weighted by atomic mass is 9.82. The third kappa shape index (κ3) is 3.73. The molecule has 1 aromatic heterocycles. The topological polar surface area (TPSA) is 64.2 Å². The van der Waals surface area contributed by atoms with Crippen LogP contribution in [0.25, 0.3) is 0 Å². The second kappa shape index (κ2) is 8.87. The average Bonchev–Trinajstić information content (AvgIpc) is 3.14. The number of aryl methyl sites for hydroxylation is 3. The van der Waals surface area contributed by atoms with Crippen LogP contribution in [-0.2, 0) is 29.7 Å². The van der Waals surface area contributed by atoms with Crippen LogP contribution < -0.4 is 5.73 Å². The first-order chi connectivity index (χ1) is 15.4. The van der Waals surface area contributed by atoms with Crippen molar-refractivity contribution in [2.24, 2.45) is 5.73 Å². The summed E-state index contributed by atoms with van der Waals surface area (Å²) in [7, 11) is 0. The molecule has 168 valence electrons. The molecule has 2 aromatic carbocycles. The molecule has 2 N–H and O–H groups in total. The van der Waals surface area contributed by atoms with E-state index in [1.54, 1.807) is 6.07 Å². The Morgan fingerprint density at radius 1 is 1.19 bits per heavy atom. The maximum Gasteiger partial charge on any atom is 0.242 e. The van der Waals surface area contributed by atoms with Gasteiger partial charge >= 0.3 is 0 Å². The Balaban J connectivity index is 1.80. The zero-order valence-electron chi connectivity index (χ0n) is 19.0. The quantitative estimate of drug-likeness (QED) is 0.604. The standard InChI is InChI=1S/C26H31FN4O/c1-4-31-23-16-17-30(26(3,25(28)32)20-11-6-5-7-12-20)22(24(23)18(2)29-31)15-14-19-10-8-9-13-21(19)27/h5-13,22H,4,14-17H2,1-3H3,(H2,28,32). The number of carbonyl (C=O) groups excluding carboxylic acids is 1. The average molecular weight is 435 g/mol. The molecule has 4 rings (SSSR count). The fourth-order valence-corrected chi connectivity index (χ4v) is 5.18. The predicted molar refractivity (Wildman–Crippen MR) is 123 cm³/mol. The van der Waals surface area contributed by atoms with Gasteiger partial charge in [-0.2, -0.15) is 5.10 Å². The van der Waals surface area contributed by atoms with E-state index in [2.05, 4.69) is 16.5 Å². The van der Waals surface area contributed by atoms with Crippen LogP contribution >= 0.6 is 0 Å². The van der Waals surface area contributed by atoms with Crippen LogP contribution in [0.4, 0.5) is 4.39 Å². The molecule has 0 bridgehead atoms. The molecule has 3 aromatic rings. The van der Waals surface area contributed by atoms with E-state index in [4.69, 9.17) is 10.8 Å². The zero-order valence-corrected chi connectivity index (χ0v) is 19.0. The Labute approximate surface area is 189 Å². The summed E-state index contributed by atoms with van der Waals surface area (Å²) in [4.78, 5) is 15.2. The van der Waals surface area contributed by atoms with E-state index in [-0.39, 0.29) is 17.8 Å². The highest BCUT2D eigenvalue weighted by Gasteiger charge is 2.46. The fourth-order valence-electron chi connectivity index (χ4n) is 5.18. The summed E-state index contributed by atoms with van der Waals surface area (Å²) < 4.78 is 16.5. The van der Waals surface area contributed by atoms with Crippen LogP contribution in [0, 0.1) is 12.7 Å². The first kappa shape index (κ1) is 22.2. The van der Waals surface area contributed by atoms with Crippen LogP contribution in [-0.4, -0.2) is 27.1 Å². The van der Waals surface area contributed by atoms with E-state index in [0.29, 0.717) is 24.9 Å². The van der Waals surface area contributed by atoms with Crippen molar-refractivity contribution in [3.05, 3.63) is 88.5 Å². The van der Waals surface area contributed by atoms with E-state index in [9.17, 15) is 9.18 Å². The van der Waals surface area contributed by atoms with E-state index in [1.807, 2.05) is 56.3 Å². The van der Waals surface area contributed by atoms with Gasteiger partial charge in [0, 0.05) is 36.8 Å². The number of amides is 1. The van der Waals surface area contributed by atoms with Gasteiger partial charge in [0.2, 0.25) is 5.91 Å². The summed E-state index contributed by atoms with van der Waals surface area (Å²) >= 11 is 0. The van der Waals surface area contributed by atoms with E-state index in [1.165, 1.54) is 11.8 Å². The van der Waals surface area contributed by atoms with Crippen LogP contribution in [0.5, 0.6) is 0 Å². The van der Waals surface area contributed by atoms with Crippen molar-refractivity contribution in [3.63, 3.8) is 0 Å². The summed E-state index contributed by atoms with van der Waals surface area (Å²) in [5.41, 5.74) is 9.94. The summed E-state index contributed by atoms with van der Waals surface area (Å²) in [6, 6.07) is 16.5. The molecule has 2 atom stereocenters. The molecule has 1 aliphatic heterocycles. The lowest BCUT2D eigenvalue weighted by Gasteiger charge is -2.47. The molecule has 0 fully saturated rings. The Morgan fingerprint density at radius 2 is 1.88 bits per heavy atom. The van der Waals surface area contributed by atoms with Crippen molar-refractivity contribution < 1.29 is 9.18 Å². The molecule has 2 unspecified atom stereocenters. The molecule has 0 saturated heterocycles. The number of halogens is 1. The van der Waals surface area contributed by atoms with Gasteiger partial charge in [-0.15, -0.1) is 0 Å². The smallest absolute Gasteiger partial charge is 0.242 e. The molecule has 6 heteroatoms. The summed E-state index contributed by atoms with van der Waals surface area (Å²) in [5.74, 6) is -0.583. The lowest BCUT2D eigenvalue weighted by Crippen LogP contribution is -2.56. The van der Waals surface area contributed by atoms with Gasteiger partial charge < -0.3 is 5.73 Å². The van der Waals surface area contributed by atoms with Gasteiger partial charge in [0.1, 0.15) is 11.4 Å². The highest BCUT2D eigenvalue weighted by atomic mass is 19.1. The number of nitrogens with zero attached hydrogens (tertiary/aromatic N) is 3. The minimum atomic E-state index is -0.987. The largest absolute Gasteiger partial charge is 0.368 e. The minimum Gasteiger partial charge on any atom is -0.368 e. The number of rotatable bonds is 7. The molecule has 2 heterocycles. The van der Waals surface area contributed by atoms with Crippen molar-refractivity contribution in [2.45, 2.75) is 58.2 Å². The van der Waals surface area contributed by atoms with Gasteiger partial charge in [-0.1, -0.05) is 48.5 Å². The van der Waals surface area contributed by atoms with Gasteiger partial charge in [0.25, 0.3) is 0 Å². The van der Waals surface area contributed by atoms with Gasteiger partial charge in [-0.25, -0.2) is 4.39 Å². The Hall–Kier alpha value is -2.99. The van der Waals surface area contributed by atoms with Crippen LogP contribution in [0.2, 0.25) is 0 Å². The van der Waals surface area contributed by atoms with Crippen molar-refractivity contribution in [2.75, 3.05) is 6.54 Å². The Morgan fingerprint density at radius 3 is 2.53 bits per heavy atom. The van der Waals surface area contributed by atoms with Crippen molar-refractivity contribution in [1.29, 1.82) is 0 Å². The Bertz CT molecular complexity index is 1110. The number of hydrogen-bond donors (Lipinski definition) is 1. The lowest BCUT2D eigenvalue weighted by molar-refractivity contribution is -0.132. The van der Waals surface area contributed by atoms with E-state index < -0.39 is 5.54 Å². The minimum absolute atomic E-state index is 0.101. The molecule has 0 radical (unpaired) electrons. The molecule has 0 aliphatic carbocycles. The summed E-state index contributed by atoms with van der Waals surface area (Å²) in [6.45, 7) is 7.49. The first-order valence-corrected chi connectivity index (χ1v) is 11.3. The molecule has 0 saturated carbocycles. The molecule has 5 nitrogen and oxygen atoms in total. The molecule has 1 amide bonds.